The van der Waals surface area contributed by atoms with Gasteiger partial charge in [0.25, 0.3) is 0 Å². The molecule has 4 heteroatoms. The van der Waals surface area contributed by atoms with Gasteiger partial charge in [-0.1, -0.05) is 224 Å². The number of fused-ring (bicyclic) bond motifs is 6. The highest BCUT2D eigenvalue weighted by Gasteiger charge is 2.47. The van der Waals surface area contributed by atoms with Gasteiger partial charge in [-0.15, -0.1) is 11.3 Å². The number of thiophene rings is 1. The molecule has 0 amide bonds. The van der Waals surface area contributed by atoms with Gasteiger partial charge < -0.3 is 0 Å². The lowest BCUT2D eigenvalue weighted by molar-refractivity contribution is 0.768. The minimum atomic E-state index is -0.558. The summed E-state index contributed by atoms with van der Waals surface area (Å²) < 4.78 is 2.63. The van der Waals surface area contributed by atoms with Crippen molar-refractivity contribution in [3.05, 3.63) is 271 Å². The van der Waals surface area contributed by atoms with Gasteiger partial charge in [-0.2, -0.15) is 0 Å². The van der Waals surface area contributed by atoms with Crippen LogP contribution >= 0.6 is 11.3 Å². The number of benzene rings is 10. The first-order chi connectivity index (χ1) is 33.7. The summed E-state index contributed by atoms with van der Waals surface area (Å²) in [7, 11) is 0. The minimum Gasteiger partial charge on any atom is -0.208 e. The van der Waals surface area contributed by atoms with Gasteiger partial charge in [0.2, 0.25) is 0 Å². The summed E-state index contributed by atoms with van der Waals surface area (Å²) in [5, 5.41) is 2.61. The van der Waals surface area contributed by atoms with E-state index in [1.54, 1.807) is 0 Å². The van der Waals surface area contributed by atoms with E-state index in [4.69, 9.17) is 15.0 Å². The highest BCUT2D eigenvalue weighted by molar-refractivity contribution is 7.25. The third-order valence-corrected chi connectivity index (χ3v) is 14.8. The maximum absolute atomic E-state index is 5.46. The molecule has 0 radical (unpaired) electrons. The first kappa shape index (κ1) is 39.8. The average Bonchev–Trinajstić information content (AvgIpc) is 3.95. The van der Waals surface area contributed by atoms with Crippen LogP contribution in [0.15, 0.2) is 249 Å². The summed E-state index contributed by atoms with van der Waals surface area (Å²) in [5.41, 5.74) is 16.2. The van der Waals surface area contributed by atoms with Crippen LogP contribution in [0, 0.1) is 0 Å². The van der Waals surface area contributed by atoms with E-state index >= 15 is 0 Å². The largest absolute Gasteiger partial charge is 0.208 e. The summed E-state index contributed by atoms with van der Waals surface area (Å²) in [6.45, 7) is 0. The Morgan fingerprint density at radius 3 is 1.50 bits per heavy atom. The van der Waals surface area contributed by atoms with Crippen LogP contribution in [0.2, 0.25) is 0 Å². The van der Waals surface area contributed by atoms with E-state index in [2.05, 4.69) is 249 Å². The molecule has 2 aromatic heterocycles. The Kier molecular flexibility index (Phi) is 9.59. The summed E-state index contributed by atoms with van der Waals surface area (Å²) in [6, 6.07) is 89.3. The Labute approximate surface area is 399 Å². The molecule has 13 rings (SSSR count). The molecule has 318 valence electrons. The fraction of sp³-hybridized carbons (Fsp3) is 0.0156. The fourth-order valence-corrected chi connectivity index (χ4v) is 11.7. The molecule has 0 fully saturated rings. The molecule has 0 aliphatic heterocycles. The summed E-state index contributed by atoms with van der Waals surface area (Å²) in [5.74, 6) is 1.86. The van der Waals surface area contributed by atoms with Crippen LogP contribution < -0.4 is 0 Å². The number of aromatic nitrogens is 3. The number of rotatable bonds is 8. The average molecular weight is 884 g/mol. The van der Waals surface area contributed by atoms with Crippen molar-refractivity contribution in [2.24, 2.45) is 0 Å². The highest BCUT2D eigenvalue weighted by atomic mass is 32.1. The molecule has 1 aliphatic rings. The molecule has 0 N–H and O–H groups in total. The van der Waals surface area contributed by atoms with E-state index in [1.165, 1.54) is 59.1 Å². The molecule has 0 unspecified atom stereocenters. The molecular weight excluding hydrogens is 843 g/mol. The normalized spacial score (nSPS) is 12.5. The van der Waals surface area contributed by atoms with Gasteiger partial charge in [0.15, 0.2) is 17.5 Å². The molecular formula is C64H41N3S. The first-order valence-electron chi connectivity index (χ1n) is 23.1. The Morgan fingerprint density at radius 1 is 0.279 bits per heavy atom. The van der Waals surface area contributed by atoms with Gasteiger partial charge in [0.05, 0.1) is 5.41 Å². The topological polar surface area (TPSA) is 38.7 Å². The fourth-order valence-electron chi connectivity index (χ4n) is 10.6. The monoisotopic (exact) mass is 883 g/mol. The predicted octanol–water partition coefficient (Wildman–Crippen LogP) is 16.6. The molecule has 0 spiro atoms. The van der Waals surface area contributed by atoms with Crippen molar-refractivity contribution in [1.82, 2.24) is 15.0 Å². The summed E-state index contributed by atoms with van der Waals surface area (Å²) >= 11 is 1.85. The zero-order valence-corrected chi connectivity index (χ0v) is 37.7. The van der Waals surface area contributed by atoms with Gasteiger partial charge in [-0.3, -0.25) is 0 Å². The third-order valence-electron chi connectivity index (χ3n) is 13.7. The third kappa shape index (κ3) is 6.52. The summed E-state index contributed by atoms with van der Waals surface area (Å²) in [4.78, 5) is 16.3. The van der Waals surface area contributed by atoms with Crippen LogP contribution in [-0.2, 0) is 5.41 Å². The molecule has 0 atom stereocenters. The number of hydrogen-bond donors (Lipinski definition) is 0. The van der Waals surface area contributed by atoms with Crippen molar-refractivity contribution in [1.29, 1.82) is 0 Å². The van der Waals surface area contributed by atoms with Crippen molar-refractivity contribution in [3.8, 4) is 78.7 Å². The van der Waals surface area contributed by atoms with Crippen LogP contribution in [0.3, 0.4) is 0 Å². The lowest BCUT2D eigenvalue weighted by Gasteiger charge is -2.33. The second kappa shape index (κ2) is 16.4. The van der Waals surface area contributed by atoms with E-state index < -0.39 is 5.41 Å². The standard InChI is InChI=1S/C64H41N3S/c1-4-18-44(19-5-1)50-26-10-11-28-52(50)62-65-61(47-21-16-20-45(40-47)42-34-36-43(37-35-42)46-38-39-59-55(41-46)51-27-13-15-33-58(51)68-59)66-63(67-62)54-30-17-32-57-60(54)53-29-12-14-31-56(53)64(57,48-22-6-2-7-23-48)49-24-8-3-9-25-49/h1-41H. The van der Waals surface area contributed by atoms with Crippen LogP contribution in [-0.4, -0.2) is 15.0 Å². The Morgan fingerprint density at radius 2 is 0.765 bits per heavy atom. The lowest BCUT2D eigenvalue weighted by Crippen LogP contribution is -2.28. The maximum Gasteiger partial charge on any atom is 0.164 e. The Bertz CT molecular complexity index is 3800. The van der Waals surface area contributed by atoms with E-state index in [-0.39, 0.29) is 0 Å². The Hall–Kier alpha value is -8.57. The number of nitrogens with zero attached hydrogens (tertiary/aromatic N) is 3. The molecule has 1 aliphatic carbocycles. The molecule has 10 aromatic carbocycles. The smallest absolute Gasteiger partial charge is 0.164 e. The summed E-state index contributed by atoms with van der Waals surface area (Å²) in [6.07, 6.45) is 0. The quantitative estimate of drug-likeness (QED) is 0.153. The maximum atomic E-state index is 5.46. The zero-order chi connectivity index (χ0) is 45.0. The van der Waals surface area contributed by atoms with Crippen molar-refractivity contribution in [2.75, 3.05) is 0 Å². The highest BCUT2D eigenvalue weighted by Crippen LogP contribution is 2.58. The van der Waals surface area contributed by atoms with Crippen molar-refractivity contribution < 1.29 is 0 Å². The van der Waals surface area contributed by atoms with Gasteiger partial charge in [0, 0.05) is 36.9 Å². The Balaban J connectivity index is 0.974. The van der Waals surface area contributed by atoms with Crippen molar-refractivity contribution >= 4 is 31.5 Å². The van der Waals surface area contributed by atoms with E-state index in [9.17, 15) is 0 Å². The van der Waals surface area contributed by atoms with Crippen LogP contribution in [0.5, 0.6) is 0 Å². The molecule has 0 bridgehead atoms. The first-order valence-corrected chi connectivity index (χ1v) is 23.9. The molecule has 3 nitrogen and oxygen atoms in total. The molecule has 68 heavy (non-hydrogen) atoms. The van der Waals surface area contributed by atoms with Gasteiger partial charge in [-0.25, -0.2) is 15.0 Å². The van der Waals surface area contributed by atoms with Gasteiger partial charge >= 0.3 is 0 Å². The second-order valence-electron chi connectivity index (χ2n) is 17.4. The zero-order valence-electron chi connectivity index (χ0n) is 36.9. The molecule has 12 aromatic rings. The minimum absolute atomic E-state index is 0.558. The van der Waals surface area contributed by atoms with Crippen LogP contribution in [0.25, 0.3) is 98.8 Å². The SMILES string of the molecule is c1ccc(-c2ccccc2-c2nc(-c3cccc(-c4ccc(-c5ccc6sc7ccccc7c6c5)cc4)c3)nc(-c3cccc4c3-c3ccccc3C4(c3ccccc3)c3ccccc3)n2)cc1. The van der Waals surface area contributed by atoms with Crippen LogP contribution in [0.4, 0.5) is 0 Å². The molecule has 0 saturated carbocycles. The second-order valence-corrected chi connectivity index (χ2v) is 18.5. The van der Waals surface area contributed by atoms with Crippen molar-refractivity contribution in [2.45, 2.75) is 5.41 Å². The van der Waals surface area contributed by atoms with Gasteiger partial charge in [-0.05, 0) is 91.0 Å². The molecule has 2 heterocycles. The molecule has 0 saturated heterocycles. The predicted molar refractivity (Wildman–Crippen MR) is 283 cm³/mol. The van der Waals surface area contributed by atoms with Crippen molar-refractivity contribution in [3.63, 3.8) is 0 Å². The van der Waals surface area contributed by atoms with E-state index in [0.717, 1.165) is 44.5 Å². The van der Waals surface area contributed by atoms with E-state index in [1.807, 2.05) is 11.3 Å². The lowest BCUT2D eigenvalue weighted by atomic mass is 9.67. The number of hydrogen-bond acceptors (Lipinski definition) is 4. The van der Waals surface area contributed by atoms with E-state index in [0.29, 0.717) is 17.5 Å². The van der Waals surface area contributed by atoms with Gasteiger partial charge in [0.1, 0.15) is 0 Å². The van der Waals surface area contributed by atoms with Crippen LogP contribution in [0.1, 0.15) is 22.3 Å².